The van der Waals surface area contributed by atoms with Crippen molar-refractivity contribution in [2.24, 2.45) is 11.8 Å². The predicted octanol–water partition coefficient (Wildman–Crippen LogP) is 3.86. The molecule has 0 bridgehead atoms. The van der Waals surface area contributed by atoms with Gasteiger partial charge in [-0.15, -0.1) is 11.3 Å². The number of rotatable bonds is 6. The number of hydrogen-bond donors (Lipinski definition) is 2. The Morgan fingerprint density at radius 3 is 2.82 bits per heavy atom. The van der Waals surface area contributed by atoms with E-state index in [1.807, 2.05) is 11.3 Å². The van der Waals surface area contributed by atoms with Crippen LogP contribution in [-0.2, 0) is 6.42 Å². The van der Waals surface area contributed by atoms with Crippen molar-refractivity contribution in [1.29, 1.82) is 0 Å². The summed E-state index contributed by atoms with van der Waals surface area (Å²) in [6.07, 6.45) is 9.33. The van der Waals surface area contributed by atoms with Crippen molar-refractivity contribution in [3.63, 3.8) is 0 Å². The van der Waals surface area contributed by atoms with Gasteiger partial charge >= 0.3 is 0 Å². The van der Waals surface area contributed by atoms with Crippen LogP contribution in [0.25, 0.3) is 0 Å². The molecule has 1 saturated carbocycles. The van der Waals surface area contributed by atoms with E-state index < -0.39 is 0 Å². The molecule has 1 aromatic heterocycles. The van der Waals surface area contributed by atoms with Crippen LogP contribution in [0, 0.1) is 5.92 Å². The fraction of sp³-hybridized carbons (Fsp3) is 0.692. The molecule has 4 heteroatoms. The Labute approximate surface area is 116 Å². The highest BCUT2D eigenvalue weighted by molar-refractivity contribution is 9.10. The van der Waals surface area contributed by atoms with Crippen molar-refractivity contribution < 1.29 is 0 Å². The van der Waals surface area contributed by atoms with Gasteiger partial charge in [-0.1, -0.05) is 25.7 Å². The summed E-state index contributed by atoms with van der Waals surface area (Å²) in [5.41, 5.74) is 2.98. The second-order valence-electron chi connectivity index (χ2n) is 5.03. The van der Waals surface area contributed by atoms with Gasteiger partial charge in [0, 0.05) is 20.8 Å². The van der Waals surface area contributed by atoms with E-state index in [0.717, 1.165) is 12.3 Å². The molecule has 1 heterocycles. The third-order valence-electron chi connectivity index (χ3n) is 3.70. The fourth-order valence-electron chi connectivity index (χ4n) is 2.68. The van der Waals surface area contributed by atoms with Gasteiger partial charge in [-0.3, -0.25) is 11.3 Å². The Morgan fingerprint density at radius 1 is 1.47 bits per heavy atom. The zero-order valence-corrected chi connectivity index (χ0v) is 12.5. The molecule has 17 heavy (non-hydrogen) atoms. The molecular formula is C13H21BrN2S. The van der Waals surface area contributed by atoms with Gasteiger partial charge < -0.3 is 0 Å². The van der Waals surface area contributed by atoms with Crippen LogP contribution >= 0.6 is 27.3 Å². The molecule has 2 nitrogen and oxygen atoms in total. The summed E-state index contributed by atoms with van der Waals surface area (Å²) in [6, 6.07) is 2.63. The molecule has 96 valence electrons. The lowest BCUT2D eigenvalue weighted by molar-refractivity contribution is 0.408. The Kier molecular flexibility index (Phi) is 5.48. The molecule has 0 amide bonds. The summed E-state index contributed by atoms with van der Waals surface area (Å²) < 4.78 is 1.18. The summed E-state index contributed by atoms with van der Waals surface area (Å²) in [5, 5.41) is 2.14. The number of thiophene rings is 1. The van der Waals surface area contributed by atoms with E-state index in [-0.39, 0.29) is 0 Å². The van der Waals surface area contributed by atoms with Crippen LogP contribution in [0.4, 0.5) is 0 Å². The zero-order valence-electron chi connectivity index (χ0n) is 10.1. The van der Waals surface area contributed by atoms with Crippen LogP contribution in [0.3, 0.4) is 0 Å². The number of hydrogen-bond acceptors (Lipinski definition) is 3. The van der Waals surface area contributed by atoms with Gasteiger partial charge in [-0.25, -0.2) is 0 Å². The topological polar surface area (TPSA) is 38.0 Å². The molecule has 1 atom stereocenters. The van der Waals surface area contributed by atoms with E-state index in [0.29, 0.717) is 6.04 Å². The molecule has 1 fully saturated rings. The highest BCUT2D eigenvalue weighted by Crippen LogP contribution is 2.29. The quantitative estimate of drug-likeness (QED) is 0.618. The van der Waals surface area contributed by atoms with Crippen LogP contribution in [-0.4, -0.2) is 6.04 Å². The van der Waals surface area contributed by atoms with Crippen LogP contribution in [0.15, 0.2) is 15.9 Å². The molecular weight excluding hydrogens is 296 g/mol. The number of hydrazine groups is 1. The lowest BCUT2D eigenvalue weighted by Crippen LogP contribution is -2.36. The van der Waals surface area contributed by atoms with E-state index in [9.17, 15) is 0 Å². The third kappa shape index (κ3) is 4.36. The van der Waals surface area contributed by atoms with Gasteiger partial charge in [-0.05, 0) is 47.2 Å². The summed E-state index contributed by atoms with van der Waals surface area (Å²) in [5.74, 6) is 6.61. The largest absolute Gasteiger partial charge is 0.271 e. The molecule has 2 rings (SSSR count). The molecule has 3 N–H and O–H groups in total. The number of nitrogens with two attached hydrogens (primary N) is 1. The van der Waals surface area contributed by atoms with Crippen molar-refractivity contribution in [1.82, 2.24) is 5.43 Å². The van der Waals surface area contributed by atoms with Crippen LogP contribution in [0.2, 0.25) is 0 Å². The van der Waals surface area contributed by atoms with Gasteiger partial charge in [0.15, 0.2) is 0 Å². The predicted molar refractivity (Wildman–Crippen MR) is 78.0 cm³/mol. The number of nitrogens with one attached hydrogen (secondary N) is 1. The third-order valence-corrected chi connectivity index (χ3v) is 5.42. The van der Waals surface area contributed by atoms with Crippen molar-refractivity contribution in [2.45, 2.75) is 51.0 Å². The minimum atomic E-state index is 0.432. The lowest BCUT2D eigenvalue weighted by Gasteiger charge is -2.17. The first-order valence-electron chi connectivity index (χ1n) is 6.47. The SMILES string of the molecule is NNC(CCC1CCCC1)Cc1cc(Br)cs1. The maximum Gasteiger partial charge on any atom is 0.0285 e. The van der Waals surface area contributed by atoms with Crippen LogP contribution < -0.4 is 11.3 Å². The van der Waals surface area contributed by atoms with Gasteiger partial charge in [0.2, 0.25) is 0 Å². The smallest absolute Gasteiger partial charge is 0.0285 e. The summed E-state index contributed by atoms with van der Waals surface area (Å²) in [7, 11) is 0. The molecule has 1 aliphatic carbocycles. The first-order valence-corrected chi connectivity index (χ1v) is 8.14. The lowest BCUT2D eigenvalue weighted by atomic mass is 9.97. The van der Waals surface area contributed by atoms with Crippen molar-refractivity contribution in [3.05, 3.63) is 20.8 Å². The van der Waals surface area contributed by atoms with Crippen molar-refractivity contribution >= 4 is 27.3 Å². The average Bonchev–Trinajstić information content (AvgIpc) is 2.96. The van der Waals surface area contributed by atoms with E-state index in [1.165, 1.54) is 47.9 Å². The molecule has 1 aromatic rings. The molecule has 0 saturated heterocycles. The molecule has 0 radical (unpaired) electrons. The molecule has 0 aliphatic heterocycles. The zero-order chi connectivity index (χ0) is 12.1. The molecule has 1 unspecified atom stereocenters. The second-order valence-corrected chi connectivity index (χ2v) is 6.94. The highest BCUT2D eigenvalue weighted by atomic mass is 79.9. The van der Waals surface area contributed by atoms with Crippen molar-refractivity contribution in [3.8, 4) is 0 Å². The minimum Gasteiger partial charge on any atom is -0.271 e. The standard InChI is InChI=1S/C13H21BrN2S/c14-11-7-13(17-9-11)8-12(16-15)6-5-10-3-1-2-4-10/h7,9-10,12,16H,1-6,8,15H2. The Balaban J connectivity index is 1.75. The van der Waals surface area contributed by atoms with E-state index in [1.54, 1.807) is 0 Å². The summed E-state index contributed by atoms with van der Waals surface area (Å²) >= 11 is 5.30. The van der Waals surface area contributed by atoms with Crippen molar-refractivity contribution in [2.75, 3.05) is 0 Å². The molecule has 1 aliphatic rings. The van der Waals surface area contributed by atoms with Crippen LogP contribution in [0.5, 0.6) is 0 Å². The number of halogens is 1. The van der Waals surface area contributed by atoms with Crippen LogP contribution in [0.1, 0.15) is 43.4 Å². The second kappa shape index (κ2) is 6.88. The van der Waals surface area contributed by atoms with Gasteiger partial charge in [0.1, 0.15) is 0 Å². The van der Waals surface area contributed by atoms with E-state index >= 15 is 0 Å². The average molecular weight is 317 g/mol. The monoisotopic (exact) mass is 316 g/mol. The first kappa shape index (κ1) is 13.5. The van der Waals surface area contributed by atoms with Gasteiger partial charge in [0.05, 0.1) is 0 Å². The Morgan fingerprint density at radius 2 is 2.24 bits per heavy atom. The fourth-order valence-corrected chi connectivity index (χ4v) is 4.22. The maximum absolute atomic E-state index is 5.66. The Bertz CT molecular complexity index is 334. The highest BCUT2D eigenvalue weighted by Gasteiger charge is 2.17. The summed E-state index contributed by atoms with van der Waals surface area (Å²) in [6.45, 7) is 0. The molecule has 0 aromatic carbocycles. The first-order chi connectivity index (χ1) is 8.28. The Hall–Kier alpha value is 0.1000. The maximum atomic E-state index is 5.66. The minimum absolute atomic E-state index is 0.432. The van der Waals surface area contributed by atoms with Gasteiger partial charge in [0.25, 0.3) is 0 Å². The molecule has 0 spiro atoms. The van der Waals surface area contributed by atoms with E-state index in [4.69, 9.17) is 5.84 Å². The summed E-state index contributed by atoms with van der Waals surface area (Å²) in [4.78, 5) is 1.41. The van der Waals surface area contributed by atoms with Gasteiger partial charge in [-0.2, -0.15) is 0 Å². The van der Waals surface area contributed by atoms with E-state index in [2.05, 4.69) is 32.8 Å². The normalized spacial score (nSPS) is 18.7.